The maximum atomic E-state index is 12.2. The van der Waals surface area contributed by atoms with Gasteiger partial charge in [-0.25, -0.2) is 9.97 Å². The van der Waals surface area contributed by atoms with E-state index in [1.165, 1.54) is 31.3 Å². The Bertz CT molecular complexity index is 552. The molecular formula is C17H26N4O. The largest absolute Gasteiger partial charge is 0.368 e. The second kappa shape index (κ2) is 7.92. The van der Waals surface area contributed by atoms with Gasteiger partial charge in [-0.05, 0) is 52.9 Å². The molecule has 1 heterocycles. The molecule has 0 atom stereocenters. The standard InChI is InChI=1S/C17H26N4O/c1-12(2)19-16-11-15(20-13(3)21-16)17(22)18-10-9-14-7-5-4-6-8-14/h7,11-12H,4-6,8-10H2,1-3H3,(H,18,22)(H,19,20,21). The summed E-state index contributed by atoms with van der Waals surface area (Å²) in [4.78, 5) is 20.8. The van der Waals surface area contributed by atoms with E-state index in [4.69, 9.17) is 0 Å². The number of aryl methyl sites for hydroxylation is 1. The Kier molecular flexibility index (Phi) is 5.92. The van der Waals surface area contributed by atoms with Gasteiger partial charge < -0.3 is 10.6 Å². The van der Waals surface area contributed by atoms with Gasteiger partial charge in [0.2, 0.25) is 0 Å². The summed E-state index contributed by atoms with van der Waals surface area (Å²) in [5, 5.41) is 6.16. The third kappa shape index (κ3) is 5.13. The Labute approximate surface area is 132 Å². The molecule has 1 aliphatic carbocycles. The molecule has 5 nitrogen and oxygen atoms in total. The number of amides is 1. The zero-order valence-electron chi connectivity index (χ0n) is 13.8. The molecule has 0 spiro atoms. The van der Waals surface area contributed by atoms with Gasteiger partial charge in [0.25, 0.3) is 5.91 Å². The first kappa shape index (κ1) is 16.5. The molecule has 1 aliphatic rings. The van der Waals surface area contributed by atoms with Crippen LogP contribution in [0.25, 0.3) is 0 Å². The fraction of sp³-hybridized carbons (Fsp3) is 0.588. The summed E-state index contributed by atoms with van der Waals surface area (Å²) in [5.41, 5.74) is 1.89. The molecule has 120 valence electrons. The van der Waals surface area contributed by atoms with Crippen molar-refractivity contribution in [3.05, 3.63) is 29.2 Å². The fourth-order valence-corrected chi connectivity index (χ4v) is 2.61. The summed E-state index contributed by atoms with van der Waals surface area (Å²) in [7, 11) is 0. The molecule has 0 unspecified atom stereocenters. The van der Waals surface area contributed by atoms with Gasteiger partial charge in [-0.3, -0.25) is 4.79 Å². The van der Waals surface area contributed by atoms with Gasteiger partial charge in [0.1, 0.15) is 17.3 Å². The van der Waals surface area contributed by atoms with Gasteiger partial charge >= 0.3 is 0 Å². The number of hydrogen-bond acceptors (Lipinski definition) is 4. The number of allylic oxidation sites excluding steroid dienone is 1. The quantitative estimate of drug-likeness (QED) is 0.792. The van der Waals surface area contributed by atoms with Crippen LogP contribution in [0.4, 0.5) is 5.82 Å². The number of rotatable bonds is 6. The van der Waals surface area contributed by atoms with Crippen molar-refractivity contribution in [3.63, 3.8) is 0 Å². The SMILES string of the molecule is Cc1nc(NC(C)C)cc(C(=O)NCCC2=CCCCC2)n1. The Morgan fingerprint density at radius 3 is 2.82 bits per heavy atom. The summed E-state index contributed by atoms with van der Waals surface area (Å²) in [6.45, 7) is 6.54. The van der Waals surface area contributed by atoms with Gasteiger partial charge in [0.15, 0.2) is 0 Å². The van der Waals surface area contributed by atoms with Crippen LogP contribution in [0.3, 0.4) is 0 Å². The van der Waals surface area contributed by atoms with Crippen LogP contribution in [0.2, 0.25) is 0 Å². The third-order valence-corrected chi connectivity index (χ3v) is 3.62. The maximum Gasteiger partial charge on any atom is 0.270 e. The van der Waals surface area contributed by atoms with E-state index in [1.807, 2.05) is 13.8 Å². The van der Waals surface area contributed by atoms with E-state index in [9.17, 15) is 4.79 Å². The molecule has 0 bridgehead atoms. The second-order valence-corrected chi connectivity index (χ2v) is 6.10. The molecule has 0 aromatic carbocycles. The summed E-state index contributed by atoms with van der Waals surface area (Å²) < 4.78 is 0. The van der Waals surface area contributed by atoms with Crippen molar-refractivity contribution in [2.45, 2.75) is 58.9 Å². The van der Waals surface area contributed by atoms with Crippen LogP contribution < -0.4 is 10.6 Å². The number of anilines is 1. The van der Waals surface area contributed by atoms with Crippen LogP contribution in [-0.2, 0) is 0 Å². The Morgan fingerprint density at radius 2 is 2.14 bits per heavy atom. The number of hydrogen-bond donors (Lipinski definition) is 2. The smallest absolute Gasteiger partial charge is 0.270 e. The van der Waals surface area contributed by atoms with Crippen molar-refractivity contribution in [2.24, 2.45) is 0 Å². The first-order chi connectivity index (χ1) is 10.5. The lowest BCUT2D eigenvalue weighted by Crippen LogP contribution is -2.26. The number of carbonyl (C=O) groups excluding carboxylic acids is 1. The highest BCUT2D eigenvalue weighted by Crippen LogP contribution is 2.19. The van der Waals surface area contributed by atoms with Gasteiger partial charge in [-0.1, -0.05) is 11.6 Å². The third-order valence-electron chi connectivity index (χ3n) is 3.62. The van der Waals surface area contributed by atoms with Crippen LogP contribution in [0, 0.1) is 6.92 Å². The van der Waals surface area contributed by atoms with Crippen LogP contribution in [0.15, 0.2) is 17.7 Å². The highest BCUT2D eigenvalue weighted by Gasteiger charge is 2.11. The molecule has 2 N–H and O–H groups in total. The highest BCUT2D eigenvalue weighted by molar-refractivity contribution is 5.92. The molecule has 0 aliphatic heterocycles. The number of carbonyl (C=O) groups is 1. The van der Waals surface area contributed by atoms with Crippen LogP contribution in [-0.4, -0.2) is 28.5 Å². The Balaban J connectivity index is 1.91. The van der Waals surface area contributed by atoms with Gasteiger partial charge in [-0.15, -0.1) is 0 Å². The lowest BCUT2D eigenvalue weighted by molar-refractivity contribution is 0.0948. The maximum absolute atomic E-state index is 12.2. The van der Waals surface area contributed by atoms with E-state index in [1.54, 1.807) is 13.0 Å². The lowest BCUT2D eigenvalue weighted by atomic mass is 9.97. The van der Waals surface area contributed by atoms with Crippen molar-refractivity contribution >= 4 is 11.7 Å². The fourth-order valence-electron chi connectivity index (χ4n) is 2.61. The number of aromatic nitrogens is 2. The summed E-state index contributed by atoms with van der Waals surface area (Å²) in [5.74, 6) is 1.17. The topological polar surface area (TPSA) is 66.9 Å². The zero-order chi connectivity index (χ0) is 15.9. The molecule has 1 aromatic heterocycles. The normalized spacial score (nSPS) is 14.6. The van der Waals surface area contributed by atoms with Crippen molar-refractivity contribution in [2.75, 3.05) is 11.9 Å². The van der Waals surface area contributed by atoms with Crippen molar-refractivity contribution in [1.82, 2.24) is 15.3 Å². The zero-order valence-corrected chi connectivity index (χ0v) is 13.8. The second-order valence-electron chi connectivity index (χ2n) is 6.10. The Hall–Kier alpha value is -1.91. The van der Waals surface area contributed by atoms with Gasteiger partial charge in [-0.2, -0.15) is 0 Å². The summed E-state index contributed by atoms with van der Waals surface area (Å²) in [6, 6.07) is 1.98. The minimum Gasteiger partial charge on any atom is -0.368 e. The van der Waals surface area contributed by atoms with E-state index >= 15 is 0 Å². The Morgan fingerprint density at radius 1 is 1.32 bits per heavy atom. The predicted molar refractivity (Wildman–Crippen MR) is 89.0 cm³/mol. The molecular weight excluding hydrogens is 276 g/mol. The van der Waals surface area contributed by atoms with Crippen molar-refractivity contribution in [3.8, 4) is 0 Å². The average molecular weight is 302 g/mol. The van der Waals surface area contributed by atoms with E-state index in [0.717, 1.165) is 6.42 Å². The molecule has 0 radical (unpaired) electrons. The lowest BCUT2D eigenvalue weighted by Gasteiger charge is -2.13. The molecule has 0 fully saturated rings. The number of nitrogens with zero attached hydrogens (tertiary/aromatic N) is 2. The van der Waals surface area contributed by atoms with Crippen LogP contribution >= 0.6 is 0 Å². The van der Waals surface area contributed by atoms with Crippen molar-refractivity contribution < 1.29 is 4.79 Å². The molecule has 22 heavy (non-hydrogen) atoms. The van der Waals surface area contributed by atoms with E-state index in [-0.39, 0.29) is 11.9 Å². The molecule has 5 heteroatoms. The van der Waals surface area contributed by atoms with Gasteiger partial charge in [0.05, 0.1) is 0 Å². The monoisotopic (exact) mass is 302 g/mol. The minimum atomic E-state index is -0.131. The highest BCUT2D eigenvalue weighted by atomic mass is 16.1. The predicted octanol–water partition coefficient (Wildman–Crippen LogP) is 3.23. The summed E-state index contributed by atoms with van der Waals surface area (Å²) in [6.07, 6.45) is 8.17. The van der Waals surface area contributed by atoms with E-state index in [2.05, 4.69) is 26.7 Å². The minimum absolute atomic E-state index is 0.131. The van der Waals surface area contributed by atoms with Crippen LogP contribution in [0.1, 0.15) is 62.3 Å². The van der Waals surface area contributed by atoms with Crippen molar-refractivity contribution in [1.29, 1.82) is 0 Å². The average Bonchev–Trinajstić information content (AvgIpc) is 2.47. The molecule has 1 aromatic rings. The first-order valence-electron chi connectivity index (χ1n) is 8.13. The molecule has 0 saturated carbocycles. The summed E-state index contributed by atoms with van der Waals surface area (Å²) >= 11 is 0. The van der Waals surface area contributed by atoms with Gasteiger partial charge in [0, 0.05) is 18.7 Å². The first-order valence-corrected chi connectivity index (χ1v) is 8.13. The molecule has 0 saturated heterocycles. The number of nitrogens with one attached hydrogen (secondary N) is 2. The molecule has 1 amide bonds. The molecule has 2 rings (SSSR count). The van der Waals surface area contributed by atoms with E-state index in [0.29, 0.717) is 23.9 Å². The van der Waals surface area contributed by atoms with Crippen LogP contribution in [0.5, 0.6) is 0 Å². The van der Waals surface area contributed by atoms with E-state index < -0.39 is 0 Å².